The highest BCUT2D eigenvalue weighted by molar-refractivity contribution is 6.04. The first-order chi connectivity index (χ1) is 12.1. The first kappa shape index (κ1) is 18.1. The molecule has 0 fully saturated rings. The van der Waals surface area contributed by atoms with Gasteiger partial charge in [-0.1, -0.05) is 6.08 Å². The summed E-state index contributed by atoms with van der Waals surface area (Å²) >= 11 is 0. The van der Waals surface area contributed by atoms with Crippen molar-refractivity contribution >= 4 is 17.5 Å². The van der Waals surface area contributed by atoms with Gasteiger partial charge in [-0.05, 0) is 0 Å². The zero-order valence-electron chi connectivity index (χ0n) is 14.3. The van der Waals surface area contributed by atoms with Gasteiger partial charge in [0.15, 0.2) is 11.5 Å². The number of benzene rings is 1. The zero-order chi connectivity index (χ0) is 18.2. The van der Waals surface area contributed by atoms with E-state index in [9.17, 15) is 4.79 Å². The number of carbonyl (C=O) groups is 1. The van der Waals surface area contributed by atoms with Gasteiger partial charge in [-0.25, -0.2) is 9.97 Å². The summed E-state index contributed by atoms with van der Waals surface area (Å²) in [5.41, 5.74) is 0.811. The number of hydrogen-bond donors (Lipinski definition) is 2. The van der Waals surface area contributed by atoms with E-state index in [2.05, 4.69) is 27.2 Å². The molecule has 0 bridgehead atoms. The number of ether oxygens (including phenoxy) is 3. The fraction of sp³-hybridized carbons (Fsp3) is 0.235. The molecule has 1 aromatic carbocycles. The molecule has 0 saturated carbocycles. The van der Waals surface area contributed by atoms with Gasteiger partial charge in [-0.2, -0.15) is 0 Å². The number of rotatable bonds is 8. The van der Waals surface area contributed by atoms with Crippen LogP contribution in [0.15, 0.2) is 37.2 Å². The minimum absolute atomic E-state index is 0.318. The van der Waals surface area contributed by atoms with Crippen molar-refractivity contribution in [1.82, 2.24) is 9.97 Å². The second-order valence-electron chi connectivity index (χ2n) is 4.83. The van der Waals surface area contributed by atoms with Crippen LogP contribution in [-0.2, 0) is 0 Å². The van der Waals surface area contributed by atoms with Gasteiger partial charge < -0.3 is 24.8 Å². The third-order valence-electron chi connectivity index (χ3n) is 3.24. The van der Waals surface area contributed by atoms with E-state index in [0.29, 0.717) is 41.0 Å². The maximum absolute atomic E-state index is 12.4. The van der Waals surface area contributed by atoms with Gasteiger partial charge in [0.2, 0.25) is 11.7 Å². The molecule has 25 heavy (non-hydrogen) atoms. The van der Waals surface area contributed by atoms with Crippen LogP contribution >= 0.6 is 0 Å². The topological polar surface area (TPSA) is 94.6 Å². The first-order valence-electron chi connectivity index (χ1n) is 7.41. The van der Waals surface area contributed by atoms with Crippen LogP contribution in [0.5, 0.6) is 17.2 Å². The SMILES string of the molecule is C=CCNc1ncc(C(=O)Nc2cc(OC)c(OC)c(OC)c2)cn1. The Morgan fingerprint density at radius 2 is 1.72 bits per heavy atom. The highest BCUT2D eigenvalue weighted by Gasteiger charge is 2.15. The van der Waals surface area contributed by atoms with Crippen molar-refractivity contribution in [3.05, 3.63) is 42.7 Å². The van der Waals surface area contributed by atoms with Gasteiger partial charge in [-0.15, -0.1) is 6.58 Å². The lowest BCUT2D eigenvalue weighted by molar-refractivity contribution is 0.102. The number of carbonyl (C=O) groups excluding carboxylic acids is 1. The Morgan fingerprint density at radius 3 is 2.20 bits per heavy atom. The molecule has 1 heterocycles. The van der Waals surface area contributed by atoms with E-state index in [1.807, 2.05) is 0 Å². The molecule has 2 N–H and O–H groups in total. The smallest absolute Gasteiger partial charge is 0.258 e. The van der Waals surface area contributed by atoms with Gasteiger partial charge in [0, 0.05) is 36.8 Å². The molecule has 0 aliphatic heterocycles. The summed E-state index contributed by atoms with van der Waals surface area (Å²) in [6, 6.07) is 3.28. The first-order valence-corrected chi connectivity index (χ1v) is 7.41. The molecule has 0 unspecified atom stereocenters. The van der Waals surface area contributed by atoms with Crippen LogP contribution in [0.25, 0.3) is 0 Å². The van der Waals surface area contributed by atoms with Gasteiger partial charge >= 0.3 is 0 Å². The third kappa shape index (κ3) is 4.37. The number of nitrogens with zero attached hydrogens (tertiary/aromatic N) is 2. The van der Waals surface area contributed by atoms with Crippen LogP contribution in [0.4, 0.5) is 11.6 Å². The number of amides is 1. The normalized spacial score (nSPS) is 9.88. The summed E-state index contributed by atoms with van der Waals surface area (Å²) < 4.78 is 15.8. The van der Waals surface area contributed by atoms with E-state index in [-0.39, 0.29) is 5.91 Å². The molecule has 0 saturated heterocycles. The van der Waals surface area contributed by atoms with E-state index >= 15 is 0 Å². The van der Waals surface area contributed by atoms with E-state index in [4.69, 9.17) is 14.2 Å². The molecular weight excluding hydrogens is 324 g/mol. The van der Waals surface area contributed by atoms with Crippen molar-refractivity contribution in [2.45, 2.75) is 0 Å². The summed E-state index contributed by atoms with van der Waals surface area (Å²) in [5.74, 6) is 1.40. The summed E-state index contributed by atoms with van der Waals surface area (Å²) in [7, 11) is 4.52. The van der Waals surface area contributed by atoms with Gasteiger partial charge in [-0.3, -0.25) is 4.79 Å². The zero-order valence-corrected chi connectivity index (χ0v) is 14.3. The van der Waals surface area contributed by atoms with Crippen LogP contribution in [0.2, 0.25) is 0 Å². The molecule has 8 nitrogen and oxygen atoms in total. The highest BCUT2D eigenvalue weighted by Crippen LogP contribution is 2.39. The van der Waals surface area contributed by atoms with Crippen LogP contribution < -0.4 is 24.8 Å². The molecule has 2 rings (SSSR count). The molecular formula is C17H20N4O4. The quantitative estimate of drug-likeness (QED) is 0.710. The van der Waals surface area contributed by atoms with E-state index < -0.39 is 0 Å². The maximum atomic E-state index is 12.4. The minimum atomic E-state index is -0.357. The predicted octanol–water partition coefficient (Wildman–Crippen LogP) is 2.35. The minimum Gasteiger partial charge on any atom is -0.493 e. The summed E-state index contributed by atoms with van der Waals surface area (Å²) in [6.45, 7) is 4.14. The Hall–Kier alpha value is -3.29. The Kier molecular flexibility index (Phi) is 6.16. The fourth-order valence-corrected chi connectivity index (χ4v) is 2.06. The van der Waals surface area contributed by atoms with E-state index in [1.54, 1.807) is 18.2 Å². The number of aromatic nitrogens is 2. The third-order valence-corrected chi connectivity index (χ3v) is 3.24. The Morgan fingerprint density at radius 1 is 1.12 bits per heavy atom. The maximum Gasteiger partial charge on any atom is 0.258 e. The second-order valence-corrected chi connectivity index (χ2v) is 4.83. The highest BCUT2D eigenvalue weighted by atomic mass is 16.5. The Bertz CT molecular complexity index is 722. The lowest BCUT2D eigenvalue weighted by Gasteiger charge is -2.14. The van der Waals surface area contributed by atoms with Crippen LogP contribution in [0.1, 0.15) is 10.4 Å². The van der Waals surface area contributed by atoms with E-state index in [0.717, 1.165) is 0 Å². The van der Waals surface area contributed by atoms with Crippen molar-refractivity contribution in [3.8, 4) is 17.2 Å². The standard InChI is InChI=1S/C17H20N4O4/c1-5-6-18-17-19-9-11(10-20-17)16(22)21-12-7-13(23-2)15(25-4)14(8-12)24-3/h5,7-10H,1,6H2,2-4H3,(H,21,22)(H,18,19,20). The van der Waals surface area contributed by atoms with Crippen molar-refractivity contribution in [2.75, 3.05) is 38.5 Å². The molecule has 132 valence electrons. The average molecular weight is 344 g/mol. The predicted molar refractivity (Wildman–Crippen MR) is 94.8 cm³/mol. The molecule has 8 heteroatoms. The Labute approximate surface area is 145 Å². The largest absolute Gasteiger partial charge is 0.493 e. The van der Waals surface area contributed by atoms with Crippen LogP contribution in [0, 0.1) is 0 Å². The average Bonchev–Trinajstić information content (AvgIpc) is 2.65. The monoisotopic (exact) mass is 344 g/mol. The van der Waals surface area contributed by atoms with E-state index in [1.165, 1.54) is 33.7 Å². The molecule has 0 radical (unpaired) electrons. The summed E-state index contributed by atoms with van der Waals surface area (Å²) in [4.78, 5) is 20.5. The number of nitrogens with one attached hydrogen (secondary N) is 2. The van der Waals surface area contributed by atoms with Crippen molar-refractivity contribution < 1.29 is 19.0 Å². The molecule has 2 aromatic rings. The number of hydrogen-bond acceptors (Lipinski definition) is 7. The van der Waals surface area contributed by atoms with Gasteiger partial charge in [0.05, 0.1) is 26.9 Å². The summed E-state index contributed by atoms with van der Waals surface area (Å²) in [5, 5.41) is 5.68. The molecule has 1 aromatic heterocycles. The van der Waals surface area contributed by atoms with Crippen molar-refractivity contribution in [3.63, 3.8) is 0 Å². The van der Waals surface area contributed by atoms with Crippen molar-refractivity contribution in [1.29, 1.82) is 0 Å². The summed E-state index contributed by atoms with van der Waals surface area (Å²) in [6.07, 6.45) is 4.56. The van der Waals surface area contributed by atoms with Crippen LogP contribution in [0.3, 0.4) is 0 Å². The lowest BCUT2D eigenvalue weighted by atomic mass is 10.2. The molecule has 0 atom stereocenters. The van der Waals surface area contributed by atoms with Gasteiger partial charge in [0.25, 0.3) is 5.91 Å². The van der Waals surface area contributed by atoms with Gasteiger partial charge in [0.1, 0.15) is 0 Å². The molecule has 0 aliphatic rings. The number of anilines is 2. The fourth-order valence-electron chi connectivity index (χ4n) is 2.06. The number of methoxy groups -OCH3 is 3. The van der Waals surface area contributed by atoms with Crippen LogP contribution in [-0.4, -0.2) is 43.7 Å². The molecule has 1 amide bonds. The molecule has 0 aliphatic carbocycles. The Balaban J connectivity index is 2.18. The van der Waals surface area contributed by atoms with Crippen molar-refractivity contribution in [2.24, 2.45) is 0 Å². The molecule has 0 spiro atoms. The lowest BCUT2D eigenvalue weighted by Crippen LogP contribution is -2.14. The second kappa shape index (κ2) is 8.53.